The van der Waals surface area contributed by atoms with Crippen molar-refractivity contribution in [1.82, 2.24) is 14.5 Å². The Morgan fingerprint density at radius 2 is 1.80 bits per heavy atom. The lowest BCUT2D eigenvalue weighted by Crippen LogP contribution is -2.34. The summed E-state index contributed by atoms with van der Waals surface area (Å²) >= 11 is 2.73. The Hall–Kier alpha value is -2.19. The number of hydrogen-bond acceptors (Lipinski definition) is 5. The van der Waals surface area contributed by atoms with Crippen LogP contribution in [0.3, 0.4) is 0 Å². The molecule has 0 aliphatic carbocycles. The Morgan fingerprint density at radius 3 is 2.40 bits per heavy atom. The van der Waals surface area contributed by atoms with Gasteiger partial charge in [0.25, 0.3) is 5.56 Å². The number of benzene rings is 1. The summed E-state index contributed by atoms with van der Waals surface area (Å²) in [5.74, 6) is -0.146. The van der Waals surface area contributed by atoms with E-state index in [4.69, 9.17) is 4.98 Å². The second-order valence-electron chi connectivity index (χ2n) is 7.14. The summed E-state index contributed by atoms with van der Waals surface area (Å²) in [6.07, 6.45) is 1.79. The summed E-state index contributed by atoms with van der Waals surface area (Å²) in [5.41, 5.74) is 1.25. The van der Waals surface area contributed by atoms with Crippen molar-refractivity contribution in [3.63, 3.8) is 0 Å². The molecule has 0 aliphatic heterocycles. The van der Waals surface area contributed by atoms with Crippen molar-refractivity contribution in [2.45, 2.75) is 45.7 Å². The number of thioether (sulfide) groups is 1. The number of halogens is 1. The summed E-state index contributed by atoms with van der Waals surface area (Å²) in [5, 5.41) is 1.03. The van der Waals surface area contributed by atoms with Gasteiger partial charge in [-0.1, -0.05) is 25.6 Å². The second-order valence-corrected chi connectivity index (χ2v) is 9.29. The van der Waals surface area contributed by atoms with Gasteiger partial charge in [-0.15, -0.1) is 11.3 Å². The summed E-state index contributed by atoms with van der Waals surface area (Å²) < 4.78 is 14.9. The van der Waals surface area contributed by atoms with Crippen LogP contribution in [0.4, 0.5) is 4.39 Å². The Kier molecular flexibility index (Phi) is 7.31. The molecule has 2 aromatic heterocycles. The van der Waals surface area contributed by atoms with E-state index in [-0.39, 0.29) is 23.0 Å². The molecule has 1 aromatic carbocycles. The number of fused-ring (bicyclic) bond motifs is 1. The minimum Gasteiger partial charge on any atom is -0.342 e. The predicted molar refractivity (Wildman–Crippen MR) is 123 cm³/mol. The van der Waals surface area contributed by atoms with Crippen LogP contribution in [0.25, 0.3) is 15.9 Å². The molecule has 0 bridgehead atoms. The van der Waals surface area contributed by atoms with Gasteiger partial charge >= 0.3 is 0 Å². The summed E-state index contributed by atoms with van der Waals surface area (Å²) in [4.78, 5) is 34.4. The molecule has 0 unspecified atom stereocenters. The highest BCUT2D eigenvalue weighted by Gasteiger charge is 2.20. The van der Waals surface area contributed by atoms with Crippen molar-refractivity contribution in [2.75, 3.05) is 18.8 Å². The number of carbonyl (C=O) groups excluding carboxylic acids is 1. The van der Waals surface area contributed by atoms with Gasteiger partial charge in [-0.05, 0) is 56.5 Å². The van der Waals surface area contributed by atoms with Crippen molar-refractivity contribution >= 4 is 39.2 Å². The molecule has 0 saturated carbocycles. The fourth-order valence-electron chi connectivity index (χ4n) is 3.31. The van der Waals surface area contributed by atoms with Crippen LogP contribution >= 0.6 is 23.1 Å². The van der Waals surface area contributed by atoms with Crippen LogP contribution in [-0.4, -0.2) is 39.2 Å². The lowest BCUT2D eigenvalue weighted by molar-refractivity contribution is -0.128. The number of hydrogen-bond donors (Lipinski definition) is 0. The zero-order valence-corrected chi connectivity index (χ0v) is 19.3. The molecule has 3 rings (SSSR count). The van der Waals surface area contributed by atoms with Gasteiger partial charge in [0, 0.05) is 18.0 Å². The average Bonchev–Trinajstić information content (AvgIpc) is 3.01. The first-order valence-corrected chi connectivity index (χ1v) is 11.9. The molecule has 0 atom stereocenters. The monoisotopic (exact) mass is 447 g/mol. The van der Waals surface area contributed by atoms with Crippen molar-refractivity contribution in [3.05, 3.63) is 50.9 Å². The van der Waals surface area contributed by atoms with Crippen LogP contribution in [0.5, 0.6) is 0 Å². The van der Waals surface area contributed by atoms with E-state index in [1.807, 2.05) is 32.6 Å². The van der Waals surface area contributed by atoms with Crippen molar-refractivity contribution in [2.24, 2.45) is 0 Å². The molecular formula is C22H26FN3O2S2. The van der Waals surface area contributed by atoms with Gasteiger partial charge in [0.05, 0.1) is 16.8 Å². The number of rotatable bonds is 8. The number of carbonyl (C=O) groups is 1. The van der Waals surface area contributed by atoms with Gasteiger partial charge in [-0.2, -0.15) is 0 Å². The smallest absolute Gasteiger partial charge is 0.267 e. The minimum absolute atomic E-state index is 0.0299. The first-order valence-electron chi connectivity index (χ1n) is 10.1. The van der Waals surface area contributed by atoms with Crippen LogP contribution in [-0.2, 0) is 4.79 Å². The second kappa shape index (κ2) is 9.75. The van der Waals surface area contributed by atoms with E-state index < -0.39 is 0 Å². The SMILES string of the molecule is CCCN(CCC)C(=O)CSc1nc2sc(C)c(C)c2c(=O)n1-c1ccc(F)cc1. The highest BCUT2D eigenvalue weighted by molar-refractivity contribution is 7.99. The normalized spacial score (nSPS) is 11.2. The van der Waals surface area contributed by atoms with Crippen molar-refractivity contribution in [1.29, 1.82) is 0 Å². The minimum atomic E-state index is -0.373. The highest BCUT2D eigenvalue weighted by atomic mass is 32.2. The van der Waals surface area contributed by atoms with Crippen molar-refractivity contribution in [3.8, 4) is 5.69 Å². The van der Waals surface area contributed by atoms with Crippen LogP contribution in [0, 0.1) is 19.7 Å². The number of aryl methyl sites for hydroxylation is 2. The van der Waals surface area contributed by atoms with Gasteiger partial charge in [-0.25, -0.2) is 9.37 Å². The Labute approximate surface area is 183 Å². The fraction of sp³-hybridized carbons (Fsp3) is 0.409. The molecule has 0 saturated heterocycles. The maximum absolute atomic E-state index is 13.5. The van der Waals surface area contributed by atoms with Crippen LogP contribution in [0.15, 0.2) is 34.2 Å². The molecule has 30 heavy (non-hydrogen) atoms. The van der Waals surface area contributed by atoms with E-state index in [0.717, 1.165) is 23.3 Å². The molecule has 0 fully saturated rings. The molecule has 1 amide bonds. The lowest BCUT2D eigenvalue weighted by atomic mass is 10.2. The predicted octanol–water partition coefficient (Wildman–Crippen LogP) is 4.94. The summed E-state index contributed by atoms with van der Waals surface area (Å²) in [7, 11) is 0. The molecule has 2 heterocycles. The van der Waals surface area contributed by atoms with E-state index in [0.29, 0.717) is 34.1 Å². The molecule has 0 spiro atoms. The van der Waals surface area contributed by atoms with Gasteiger partial charge < -0.3 is 4.90 Å². The van der Waals surface area contributed by atoms with Gasteiger partial charge in [0.1, 0.15) is 10.6 Å². The van der Waals surface area contributed by atoms with E-state index in [1.165, 1.54) is 39.8 Å². The highest BCUT2D eigenvalue weighted by Crippen LogP contribution is 2.29. The van der Waals surface area contributed by atoms with E-state index in [2.05, 4.69) is 0 Å². The van der Waals surface area contributed by atoms with E-state index in [1.54, 1.807) is 12.1 Å². The third-order valence-corrected chi connectivity index (χ3v) is 6.95. The van der Waals surface area contributed by atoms with Crippen LogP contribution in [0.2, 0.25) is 0 Å². The van der Waals surface area contributed by atoms with Crippen molar-refractivity contribution < 1.29 is 9.18 Å². The molecule has 0 aliphatic rings. The summed E-state index contributed by atoms with van der Waals surface area (Å²) in [6, 6.07) is 5.76. The van der Waals surface area contributed by atoms with Gasteiger partial charge in [-0.3, -0.25) is 14.2 Å². The molecular weight excluding hydrogens is 421 g/mol. The molecule has 8 heteroatoms. The zero-order chi connectivity index (χ0) is 21.8. The number of amides is 1. The van der Waals surface area contributed by atoms with Gasteiger partial charge in [0.2, 0.25) is 5.91 Å². The molecule has 0 N–H and O–H groups in total. The number of nitrogens with zero attached hydrogens (tertiary/aromatic N) is 3. The standard InChI is InChI=1S/C22H26FN3O2S2/c1-5-11-25(12-6-2)18(27)13-29-22-24-20-19(14(3)15(4)30-20)21(28)26(22)17-9-7-16(23)8-10-17/h7-10H,5-6,11-13H2,1-4H3. The van der Waals surface area contributed by atoms with E-state index >= 15 is 0 Å². The van der Waals surface area contributed by atoms with Crippen LogP contribution < -0.4 is 5.56 Å². The fourth-order valence-corrected chi connectivity index (χ4v) is 5.29. The molecule has 5 nitrogen and oxygen atoms in total. The average molecular weight is 448 g/mol. The Morgan fingerprint density at radius 1 is 1.17 bits per heavy atom. The molecule has 3 aromatic rings. The third kappa shape index (κ3) is 4.59. The Balaban J connectivity index is 2.04. The quantitative estimate of drug-likeness (QED) is 0.362. The third-order valence-electron chi connectivity index (χ3n) is 4.92. The van der Waals surface area contributed by atoms with Crippen LogP contribution in [0.1, 0.15) is 37.1 Å². The van der Waals surface area contributed by atoms with Gasteiger partial charge in [0.15, 0.2) is 5.16 Å². The largest absolute Gasteiger partial charge is 0.342 e. The molecule has 0 radical (unpaired) electrons. The number of aromatic nitrogens is 2. The topological polar surface area (TPSA) is 55.2 Å². The maximum atomic E-state index is 13.5. The first kappa shape index (κ1) is 22.5. The molecule has 160 valence electrons. The zero-order valence-electron chi connectivity index (χ0n) is 17.7. The number of thiophene rings is 1. The maximum Gasteiger partial charge on any atom is 0.267 e. The Bertz CT molecular complexity index is 1100. The summed E-state index contributed by atoms with van der Waals surface area (Å²) in [6.45, 7) is 9.41. The van der Waals surface area contributed by atoms with E-state index in [9.17, 15) is 14.0 Å². The lowest BCUT2D eigenvalue weighted by Gasteiger charge is -2.21. The first-order chi connectivity index (χ1) is 14.4.